The van der Waals surface area contributed by atoms with Crippen LogP contribution in [0.3, 0.4) is 0 Å². The predicted molar refractivity (Wildman–Crippen MR) is 101 cm³/mol. The molecule has 8 nitrogen and oxygen atoms in total. The van der Waals surface area contributed by atoms with Gasteiger partial charge in [0.1, 0.15) is 5.84 Å². The van der Waals surface area contributed by atoms with Gasteiger partial charge < -0.3 is 10.1 Å². The number of hydrogen-bond donors (Lipinski definition) is 2. The number of amidine groups is 1. The first-order chi connectivity index (χ1) is 12.7. The number of sulfonamides is 1. The third kappa shape index (κ3) is 4.73. The predicted octanol–water partition coefficient (Wildman–Crippen LogP) is 0.984. The molecule has 9 heteroatoms. The quantitative estimate of drug-likeness (QED) is 0.530. The summed E-state index contributed by atoms with van der Waals surface area (Å²) in [7, 11) is -3.70. The van der Waals surface area contributed by atoms with Crippen molar-refractivity contribution in [2.75, 3.05) is 6.54 Å². The first kappa shape index (κ1) is 20.6. The van der Waals surface area contributed by atoms with E-state index in [2.05, 4.69) is 21.6 Å². The highest BCUT2D eigenvalue weighted by Crippen LogP contribution is 2.23. The van der Waals surface area contributed by atoms with Gasteiger partial charge in [-0.05, 0) is 25.0 Å². The summed E-state index contributed by atoms with van der Waals surface area (Å²) >= 11 is 0. The Kier molecular flexibility index (Phi) is 6.37. The summed E-state index contributed by atoms with van der Waals surface area (Å²) in [6, 6.07) is 5.41. The van der Waals surface area contributed by atoms with Crippen LogP contribution in [0.5, 0.6) is 0 Å². The Bertz CT molecular complexity index is 877. The first-order valence-electron chi connectivity index (χ1n) is 8.46. The Hall–Kier alpha value is -2.68. The third-order valence-electron chi connectivity index (χ3n) is 3.89. The summed E-state index contributed by atoms with van der Waals surface area (Å²) in [6.07, 6.45) is 0.505. The number of carbonyl (C=O) groups excluding carboxylic acids is 2. The third-order valence-corrected chi connectivity index (χ3v) is 5.28. The number of nitrogens with zero attached hydrogens (tertiary/aromatic N) is 1. The fourth-order valence-electron chi connectivity index (χ4n) is 2.46. The van der Waals surface area contributed by atoms with Crippen LogP contribution in [-0.4, -0.2) is 44.8 Å². The lowest BCUT2D eigenvalue weighted by atomic mass is 10.0. The van der Waals surface area contributed by atoms with Gasteiger partial charge in [-0.1, -0.05) is 32.1 Å². The Morgan fingerprint density at radius 3 is 2.59 bits per heavy atom. The van der Waals surface area contributed by atoms with Crippen LogP contribution in [0.2, 0.25) is 0 Å². The van der Waals surface area contributed by atoms with Crippen molar-refractivity contribution in [1.29, 1.82) is 0 Å². The average molecular weight is 393 g/mol. The van der Waals surface area contributed by atoms with Gasteiger partial charge in [-0.2, -0.15) is 0 Å². The molecule has 0 spiro atoms. The number of hydrogen-bond acceptors (Lipinski definition) is 6. The second-order valence-electron chi connectivity index (χ2n) is 6.38. The minimum Gasteiger partial charge on any atom is -0.451 e. The summed E-state index contributed by atoms with van der Waals surface area (Å²) in [6.45, 7) is 8.72. The maximum absolute atomic E-state index is 12.5. The molecule has 0 saturated carbocycles. The van der Waals surface area contributed by atoms with Crippen molar-refractivity contribution in [1.82, 2.24) is 10.0 Å². The van der Waals surface area contributed by atoms with E-state index < -0.39 is 34.0 Å². The van der Waals surface area contributed by atoms with Crippen LogP contribution in [0.4, 0.5) is 0 Å². The zero-order chi connectivity index (χ0) is 20.2. The van der Waals surface area contributed by atoms with Gasteiger partial charge in [-0.3, -0.25) is 14.5 Å². The Morgan fingerprint density at radius 2 is 1.96 bits per heavy atom. The average Bonchev–Trinajstić information content (AvgIpc) is 2.87. The Morgan fingerprint density at radius 1 is 1.30 bits per heavy atom. The molecule has 1 heterocycles. The number of rotatable bonds is 7. The molecule has 146 valence electrons. The number of fused-ring (bicyclic) bond motifs is 1. The molecule has 0 bridgehead atoms. The number of benzene rings is 1. The van der Waals surface area contributed by atoms with Crippen LogP contribution in [-0.2, 0) is 24.3 Å². The van der Waals surface area contributed by atoms with Crippen LogP contribution in [0.1, 0.15) is 26.3 Å². The van der Waals surface area contributed by atoms with Crippen molar-refractivity contribution in [3.8, 4) is 0 Å². The van der Waals surface area contributed by atoms with Crippen LogP contribution < -0.4 is 10.0 Å². The lowest BCUT2D eigenvalue weighted by Gasteiger charge is -2.19. The van der Waals surface area contributed by atoms with Gasteiger partial charge >= 0.3 is 5.97 Å². The Labute approximate surface area is 158 Å². The van der Waals surface area contributed by atoms with Crippen molar-refractivity contribution in [3.63, 3.8) is 0 Å². The highest BCUT2D eigenvalue weighted by Gasteiger charge is 2.33. The number of aliphatic imine (C=N–C) groups is 1. The number of esters is 1. The second kappa shape index (κ2) is 8.34. The lowest BCUT2D eigenvalue weighted by Crippen LogP contribution is -2.39. The molecule has 0 saturated heterocycles. The molecule has 0 radical (unpaired) electrons. The minimum absolute atomic E-state index is 0.0880. The second-order valence-corrected chi connectivity index (χ2v) is 8.03. The van der Waals surface area contributed by atoms with Crippen molar-refractivity contribution in [3.05, 3.63) is 42.5 Å². The summed E-state index contributed by atoms with van der Waals surface area (Å²) in [5.74, 6) is -1.34. The van der Waals surface area contributed by atoms with E-state index in [9.17, 15) is 18.0 Å². The highest BCUT2D eigenvalue weighted by atomic mass is 32.2. The van der Waals surface area contributed by atoms with E-state index >= 15 is 0 Å². The fraction of sp³-hybridized carbons (Fsp3) is 0.389. The molecule has 0 unspecified atom stereocenters. The van der Waals surface area contributed by atoms with Crippen LogP contribution in [0.25, 0.3) is 0 Å². The van der Waals surface area contributed by atoms with Crippen molar-refractivity contribution < 1.29 is 22.7 Å². The molecule has 1 aromatic rings. The molecule has 1 aliphatic rings. The van der Waals surface area contributed by atoms with E-state index in [1.165, 1.54) is 19.1 Å². The molecule has 27 heavy (non-hydrogen) atoms. The first-order valence-corrected chi connectivity index (χ1v) is 9.94. The minimum atomic E-state index is -3.70. The van der Waals surface area contributed by atoms with Gasteiger partial charge in [0.2, 0.25) is 0 Å². The topological polar surface area (TPSA) is 114 Å². The monoisotopic (exact) mass is 393 g/mol. The smallest absolute Gasteiger partial charge is 0.331 e. The van der Waals surface area contributed by atoms with E-state index in [0.29, 0.717) is 5.56 Å². The molecule has 1 aliphatic heterocycles. The fourth-order valence-corrected chi connectivity index (χ4v) is 3.70. The summed E-state index contributed by atoms with van der Waals surface area (Å²) in [5, 5.41) is 2.54. The number of ether oxygens (including phenoxy) is 1. The van der Waals surface area contributed by atoms with Gasteiger partial charge in [0.05, 0.1) is 4.90 Å². The zero-order valence-corrected chi connectivity index (χ0v) is 16.2. The van der Waals surface area contributed by atoms with E-state index in [0.717, 1.165) is 0 Å². The molecule has 0 fully saturated rings. The maximum atomic E-state index is 12.5. The molecular weight excluding hydrogens is 370 g/mol. The van der Waals surface area contributed by atoms with E-state index in [-0.39, 0.29) is 23.2 Å². The van der Waals surface area contributed by atoms with Crippen molar-refractivity contribution in [2.24, 2.45) is 10.9 Å². The van der Waals surface area contributed by atoms with E-state index in [1.807, 2.05) is 0 Å². The zero-order valence-electron chi connectivity index (χ0n) is 15.4. The number of nitrogens with one attached hydrogen (secondary N) is 2. The van der Waals surface area contributed by atoms with Crippen LogP contribution in [0.15, 0.2) is 46.8 Å². The molecule has 2 N–H and O–H groups in total. The van der Waals surface area contributed by atoms with Crippen molar-refractivity contribution in [2.45, 2.75) is 37.8 Å². The standard InChI is InChI=1S/C18H23N3O5S/c1-5-10-19-17(22)12(4)26-18(23)15(11(2)3)20-16-13-8-6-7-9-14(13)27(24,25)21-16/h5-9,11-12,15H,1,10H2,2-4H3,(H,19,22)(H,20,21)/t12-,15-/m0/s1. The molecule has 1 aromatic carbocycles. The van der Waals surface area contributed by atoms with Gasteiger partial charge in [-0.25, -0.2) is 13.2 Å². The SMILES string of the molecule is C=CCNC(=O)[C@H](C)OC(=O)[C@@H](N=C1NS(=O)(=O)c2ccccc21)C(C)C. The molecule has 2 atom stereocenters. The molecule has 2 rings (SSSR count). The Balaban J connectivity index is 2.24. The number of amides is 1. The van der Waals surface area contributed by atoms with Gasteiger partial charge in [0.25, 0.3) is 15.9 Å². The van der Waals surface area contributed by atoms with E-state index in [4.69, 9.17) is 4.74 Å². The molecule has 1 amide bonds. The normalized spacial score (nSPS) is 18.3. The summed E-state index contributed by atoms with van der Waals surface area (Å²) in [4.78, 5) is 28.8. The molecule has 0 aliphatic carbocycles. The molecular formula is C18H23N3O5S. The van der Waals surface area contributed by atoms with Crippen LogP contribution >= 0.6 is 0 Å². The highest BCUT2D eigenvalue weighted by molar-refractivity contribution is 7.90. The van der Waals surface area contributed by atoms with E-state index in [1.54, 1.807) is 32.0 Å². The maximum Gasteiger partial charge on any atom is 0.331 e. The van der Waals surface area contributed by atoms with Gasteiger partial charge in [0.15, 0.2) is 12.1 Å². The van der Waals surface area contributed by atoms with Gasteiger partial charge in [-0.15, -0.1) is 6.58 Å². The van der Waals surface area contributed by atoms with Gasteiger partial charge in [0, 0.05) is 12.1 Å². The largest absolute Gasteiger partial charge is 0.451 e. The van der Waals surface area contributed by atoms with Crippen molar-refractivity contribution >= 4 is 27.7 Å². The molecule has 0 aromatic heterocycles. The lowest BCUT2D eigenvalue weighted by molar-refractivity contribution is -0.156. The van der Waals surface area contributed by atoms with Crippen LogP contribution in [0, 0.1) is 5.92 Å². The summed E-state index contributed by atoms with van der Waals surface area (Å²) in [5.41, 5.74) is 0.396. The number of carbonyl (C=O) groups is 2. The summed E-state index contributed by atoms with van der Waals surface area (Å²) < 4.78 is 31.9.